The van der Waals surface area contributed by atoms with E-state index in [4.69, 9.17) is 4.74 Å². The maximum Gasteiger partial charge on any atom is 0.242 e. The van der Waals surface area contributed by atoms with Crippen molar-refractivity contribution in [2.45, 2.75) is 26.8 Å². The molecular weight excluding hydrogens is 230 g/mol. The zero-order valence-corrected chi connectivity index (χ0v) is 11.4. The number of methoxy groups -OCH3 is 1. The van der Waals surface area contributed by atoms with E-state index in [2.05, 4.69) is 29.5 Å². The Kier molecular flexibility index (Phi) is 5.42. The van der Waals surface area contributed by atoms with Crippen LogP contribution in [0.5, 0.6) is 5.88 Å². The number of hydrogen-bond acceptors (Lipinski definition) is 4. The van der Waals surface area contributed by atoms with Crippen molar-refractivity contribution in [2.24, 2.45) is 5.92 Å². The molecule has 0 aliphatic carbocycles. The SMILES string of the molecule is COc1cccc(NC(C)C(=O)NCC(C)C)n1. The normalized spacial score (nSPS) is 12.1. The second-order valence-electron chi connectivity index (χ2n) is 4.57. The Balaban J connectivity index is 2.52. The number of rotatable bonds is 6. The van der Waals surface area contributed by atoms with Crippen LogP contribution in [0, 0.1) is 5.92 Å². The highest BCUT2D eigenvalue weighted by Crippen LogP contribution is 2.11. The summed E-state index contributed by atoms with van der Waals surface area (Å²) < 4.78 is 5.02. The van der Waals surface area contributed by atoms with Crippen LogP contribution < -0.4 is 15.4 Å². The average molecular weight is 251 g/mol. The summed E-state index contributed by atoms with van der Waals surface area (Å²) in [5.41, 5.74) is 0. The lowest BCUT2D eigenvalue weighted by Crippen LogP contribution is -2.39. The highest BCUT2D eigenvalue weighted by molar-refractivity contribution is 5.83. The maximum absolute atomic E-state index is 11.8. The first kappa shape index (κ1) is 14.3. The molecule has 0 spiro atoms. The lowest BCUT2D eigenvalue weighted by molar-refractivity contribution is -0.121. The predicted molar refractivity (Wildman–Crippen MR) is 71.7 cm³/mol. The molecule has 0 aliphatic rings. The molecule has 1 amide bonds. The zero-order valence-electron chi connectivity index (χ0n) is 11.4. The number of nitrogens with one attached hydrogen (secondary N) is 2. The third kappa shape index (κ3) is 4.61. The first-order valence-electron chi connectivity index (χ1n) is 6.08. The molecule has 100 valence electrons. The number of anilines is 1. The van der Waals surface area contributed by atoms with Crippen LogP contribution >= 0.6 is 0 Å². The van der Waals surface area contributed by atoms with Crippen LogP contribution in [0.25, 0.3) is 0 Å². The predicted octanol–water partition coefficient (Wildman–Crippen LogP) is 1.66. The van der Waals surface area contributed by atoms with Crippen molar-refractivity contribution in [3.05, 3.63) is 18.2 Å². The maximum atomic E-state index is 11.8. The van der Waals surface area contributed by atoms with Crippen molar-refractivity contribution in [3.8, 4) is 5.88 Å². The summed E-state index contributed by atoms with van der Waals surface area (Å²) in [6.45, 7) is 6.59. The van der Waals surface area contributed by atoms with Gasteiger partial charge in [0.1, 0.15) is 11.9 Å². The van der Waals surface area contributed by atoms with Gasteiger partial charge in [0.05, 0.1) is 7.11 Å². The van der Waals surface area contributed by atoms with E-state index >= 15 is 0 Å². The number of carbonyl (C=O) groups is 1. The molecule has 0 aromatic carbocycles. The molecule has 0 aliphatic heterocycles. The van der Waals surface area contributed by atoms with E-state index in [1.54, 1.807) is 26.2 Å². The first-order chi connectivity index (χ1) is 8.52. The monoisotopic (exact) mass is 251 g/mol. The van der Waals surface area contributed by atoms with Gasteiger partial charge in [0.15, 0.2) is 0 Å². The Labute approximate surface area is 108 Å². The molecule has 0 bridgehead atoms. The van der Waals surface area contributed by atoms with Gasteiger partial charge in [-0.15, -0.1) is 0 Å². The van der Waals surface area contributed by atoms with Gasteiger partial charge in [-0.2, -0.15) is 4.98 Å². The highest BCUT2D eigenvalue weighted by atomic mass is 16.5. The summed E-state index contributed by atoms with van der Waals surface area (Å²) in [4.78, 5) is 16.0. The van der Waals surface area contributed by atoms with Gasteiger partial charge >= 0.3 is 0 Å². The molecule has 0 saturated carbocycles. The first-order valence-corrected chi connectivity index (χ1v) is 6.08. The zero-order chi connectivity index (χ0) is 13.5. The van der Waals surface area contributed by atoms with E-state index in [0.29, 0.717) is 24.2 Å². The summed E-state index contributed by atoms with van der Waals surface area (Å²) in [5.74, 6) is 1.56. The van der Waals surface area contributed by atoms with Gasteiger partial charge in [-0.3, -0.25) is 4.79 Å². The van der Waals surface area contributed by atoms with Crippen LogP contribution in [0.15, 0.2) is 18.2 Å². The molecule has 1 rings (SSSR count). The Morgan fingerprint density at radius 1 is 1.39 bits per heavy atom. The van der Waals surface area contributed by atoms with Crippen LogP contribution in [-0.4, -0.2) is 30.6 Å². The Hall–Kier alpha value is -1.78. The fourth-order valence-electron chi connectivity index (χ4n) is 1.35. The van der Waals surface area contributed by atoms with Gasteiger partial charge in [0.2, 0.25) is 11.8 Å². The van der Waals surface area contributed by atoms with Gasteiger partial charge in [-0.25, -0.2) is 0 Å². The van der Waals surface area contributed by atoms with Crippen LogP contribution in [0.2, 0.25) is 0 Å². The van der Waals surface area contributed by atoms with E-state index < -0.39 is 0 Å². The molecule has 0 radical (unpaired) electrons. The van der Waals surface area contributed by atoms with Crippen molar-refractivity contribution in [2.75, 3.05) is 19.0 Å². The summed E-state index contributed by atoms with van der Waals surface area (Å²) >= 11 is 0. The molecule has 5 heteroatoms. The van der Waals surface area contributed by atoms with Crippen molar-refractivity contribution in [3.63, 3.8) is 0 Å². The Morgan fingerprint density at radius 2 is 2.11 bits per heavy atom. The van der Waals surface area contributed by atoms with Crippen LogP contribution in [0.4, 0.5) is 5.82 Å². The summed E-state index contributed by atoms with van der Waals surface area (Å²) in [6.07, 6.45) is 0. The van der Waals surface area contributed by atoms with Gasteiger partial charge in [0, 0.05) is 12.6 Å². The number of ether oxygens (including phenoxy) is 1. The standard InChI is InChI=1S/C13H21N3O2/c1-9(2)8-14-13(17)10(3)15-11-6-5-7-12(16-11)18-4/h5-7,9-10H,8H2,1-4H3,(H,14,17)(H,15,16). The minimum Gasteiger partial charge on any atom is -0.481 e. The number of hydrogen-bond donors (Lipinski definition) is 2. The largest absolute Gasteiger partial charge is 0.481 e. The molecule has 2 N–H and O–H groups in total. The molecule has 1 aromatic heterocycles. The fourth-order valence-corrected chi connectivity index (χ4v) is 1.35. The number of aromatic nitrogens is 1. The fraction of sp³-hybridized carbons (Fsp3) is 0.538. The number of amides is 1. The quantitative estimate of drug-likeness (QED) is 0.807. The Bertz CT molecular complexity index is 394. The van der Waals surface area contributed by atoms with E-state index in [1.807, 2.05) is 6.07 Å². The number of carbonyl (C=O) groups excluding carboxylic acids is 1. The smallest absolute Gasteiger partial charge is 0.242 e. The lowest BCUT2D eigenvalue weighted by atomic mass is 10.2. The minimum absolute atomic E-state index is 0.0340. The van der Waals surface area contributed by atoms with Crippen molar-refractivity contribution < 1.29 is 9.53 Å². The lowest BCUT2D eigenvalue weighted by Gasteiger charge is -2.15. The van der Waals surface area contributed by atoms with Gasteiger partial charge in [-0.1, -0.05) is 19.9 Å². The number of nitrogens with zero attached hydrogens (tertiary/aromatic N) is 1. The third-order valence-corrected chi connectivity index (χ3v) is 2.37. The summed E-state index contributed by atoms with van der Waals surface area (Å²) in [7, 11) is 1.56. The molecule has 0 fully saturated rings. The second-order valence-corrected chi connectivity index (χ2v) is 4.57. The molecule has 1 atom stereocenters. The Morgan fingerprint density at radius 3 is 2.72 bits per heavy atom. The molecule has 1 heterocycles. The number of pyridine rings is 1. The van der Waals surface area contributed by atoms with E-state index in [-0.39, 0.29) is 11.9 Å². The van der Waals surface area contributed by atoms with Crippen LogP contribution in [-0.2, 0) is 4.79 Å². The van der Waals surface area contributed by atoms with Crippen molar-refractivity contribution in [1.29, 1.82) is 0 Å². The van der Waals surface area contributed by atoms with Crippen LogP contribution in [0.3, 0.4) is 0 Å². The molecule has 1 aromatic rings. The van der Waals surface area contributed by atoms with Gasteiger partial charge < -0.3 is 15.4 Å². The summed E-state index contributed by atoms with van der Waals surface area (Å²) in [5, 5.41) is 5.91. The molecule has 5 nitrogen and oxygen atoms in total. The van der Waals surface area contributed by atoms with Gasteiger partial charge in [-0.05, 0) is 18.9 Å². The topological polar surface area (TPSA) is 63.2 Å². The highest BCUT2D eigenvalue weighted by Gasteiger charge is 2.13. The molecule has 18 heavy (non-hydrogen) atoms. The van der Waals surface area contributed by atoms with Crippen molar-refractivity contribution >= 4 is 11.7 Å². The molecule has 1 unspecified atom stereocenters. The third-order valence-electron chi connectivity index (χ3n) is 2.37. The molecule has 0 saturated heterocycles. The van der Waals surface area contributed by atoms with E-state index in [1.165, 1.54) is 0 Å². The average Bonchev–Trinajstić information content (AvgIpc) is 2.36. The van der Waals surface area contributed by atoms with E-state index in [0.717, 1.165) is 0 Å². The van der Waals surface area contributed by atoms with Gasteiger partial charge in [0.25, 0.3) is 0 Å². The van der Waals surface area contributed by atoms with Crippen molar-refractivity contribution in [1.82, 2.24) is 10.3 Å². The molecular formula is C13H21N3O2. The van der Waals surface area contributed by atoms with Crippen LogP contribution in [0.1, 0.15) is 20.8 Å². The summed E-state index contributed by atoms with van der Waals surface area (Å²) in [6, 6.07) is 5.06. The van der Waals surface area contributed by atoms with E-state index in [9.17, 15) is 4.79 Å². The second kappa shape index (κ2) is 6.83. The minimum atomic E-state index is -0.330.